The number of benzene rings is 2. The van der Waals surface area contributed by atoms with Gasteiger partial charge < -0.3 is 18.6 Å². The van der Waals surface area contributed by atoms with Gasteiger partial charge in [0.05, 0.1) is 41.7 Å². The molecule has 1 aliphatic rings. The van der Waals surface area contributed by atoms with E-state index >= 15 is 0 Å². The van der Waals surface area contributed by atoms with Gasteiger partial charge in [0.15, 0.2) is 4.80 Å². The monoisotopic (exact) mass is 598 g/mol. The number of carbonyl (C=O) groups is 1. The lowest BCUT2D eigenvalue weighted by Gasteiger charge is -2.26. The first kappa shape index (κ1) is 27.8. The molecule has 0 aliphatic carbocycles. The van der Waals surface area contributed by atoms with Gasteiger partial charge >= 0.3 is 5.97 Å². The highest BCUT2D eigenvalue weighted by atomic mass is 35.5. The third-order valence-electron chi connectivity index (χ3n) is 6.35. The Bertz CT molecular complexity index is 1840. The highest BCUT2D eigenvalue weighted by Gasteiger charge is 2.35. The zero-order valence-electron chi connectivity index (χ0n) is 22.0. The number of allylic oxidation sites excluding steroid dienone is 1. The molecule has 0 spiro atoms. The number of methoxy groups -OCH3 is 2. The number of hydrogen-bond acceptors (Lipinski definition) is 8. The SMILES string of the molecule is CCOC(=O)C1=C(C)N=c2s/c(=C\c3ccc(-c4ccc(Cl)cc4Cl)o3)c(=O)n2[C@@H]1c1cc(OC)ccc1OC. The van der Waals surface area contributed by atoms with E-state index in [0.29, 0.717) is 59.2 Å². The van der Waals surface area contributed by atoms with Crippen molar-refractivity contribution in [3.63, 3.8) is 0 Å². The van der Waals surface area contributed by atoms with Crippen molar-refractivity contribution in [1.29, 1.82) is 0 Å². The first-order chi connectivity index (χ1) is 19.2. The van der Waals surface area contributed by atoms with Crippen molar-refractivity contribution in [2.45, 2.75) is 19.9 Å². The minimum Gasteiger partial charge on any atom is -0.497 e. The Morgan fingerprint density at radius 3 is 2.62 bits per heavy atom. The Balaban J connectivity index is 1.68. The van der Waals surface area contributed by atoms with Crippen LogP contribution in [0.2, 0.25) is 10.0 Å². The van der Waals surface area contributed by atoms with Crippen molar-refractivity contribution in [2.24, 2.45) is 4.99 Å². The van der Waals surface area contributed by atoms with E-state index in [1.54, 1.807) is 75.6 Å². The number of halogens is 2. The maximum absolute atomic E-state index is 13.9. The zero-order chi connectivity index (χ0) is 28.6. The van der Waals surface area contributed by atoms with Crippen LogP contribution in [-0.2, 0) is 9.53 Å². The molecule has 0 N–H and O–H groups in total. The van der Waals surface area contributed by atoms with Gasteiger partial charge in [-0.1, -0.05) is 34.5 Å². The third kappa shape index (κ3) is 5.08. The number of fused-ring (bicyclic) bond motifs is 1. The van der Waals surface area contributed by atoms with Crippen LogP contribution < -0.4 is 24.4 Å². The molecule has 0 fully saturated rings. The molecular formula is C29H24Cl2N2O6S. The van der Waals surface area contributed by atoms with Gasteiger partial charge in [0.1, 0.15) is 29.1 Å². The van der Waals surface area contributed by atoms with E-state index in [1.807, 2.05) is 0 Å². The number of hydrogen-bond donors (Lipinski definition) is 0. The van der Waals surface area contributed by atoms with Gasteiger partial charge in [-0.05, 0) is 62.4 Å². The molecule has 0 saturated carbocycles. The first-order valence-corrected chi connectivity index (χ1v) is 13.8. The molecule has 0 amide bonds. The van der Waals surface area contributed by atoms with E-state index in [2.05, 4.69) is 4.99 Å². The minimum atomic E-state index is -0.859. The summed E-state index contributed by atoms with van der Waals surface area (Å²) in [5.41, 5.74) is 1.57. The van der Waals surface area contributed by atoms with Gasteiger partial charge in [0.2, 0.25) is 0 Å². The summed E-state index contributed by atoms with van der Waals surface area (Å²) in [5, 5.41) is 0.961. The van der Waals surface area contributed by atoms with E-state index in [4.69, 9.17) is 41.8 Å². The van der Waals surface area contributed by atoms with Gasteiger partial charge in [-0.2, -0.15) is 0 Å². The second-order valence-electron chi connectivity index (χ2n) is 8.74. The fourth-order valence-corrected chi connectivity index (χ4v) is 6.06. The number of furan rings is 1. The van der Waals surface area contributed by atoms with Crippen LogP contribution in [0.5, 0.6) is 11.5 Å². The van der Waals surface area contributed by atoms with E-state index in [1.165, 1.54) is 23.0 Å². The third-order valence-corrected chi connectivity index (χ3v) is 7.88. The summed E-state index contributed by atoms with van der Waals surface area (Å²) in [5.74, 6) is 1.43. The Morgan fingerprint density at radius 1 is 1.12 bits per heavy atom. The van der Waals surface area contributed by atoms with Crippen molar-refractivity contribution in [3.05, 3.63) is 101 Å². The summed E-state index contributed by atoms with van der Waals surface area (Å²) in [7, 11) is 3.07. The maximum Gasteiger partial charge on any atom is 0.338 e. The predicted octanol–water partition coefficient (Wildman–Crippen LogP) is 5.38. The van der Waals surface area contributed by atoms with E-state index in [0.717, 1.165) is 0 Å². The molecule has 11 heteroatoms. The van der Waals surface area contributed by atoms with E-state index < -0.39 is 12.0 Å². The zero-order valence-corrected chi connectivity index (χ0v) is 24.3. The molecule has 2 aromatic carbocycles. The smallest absolute Gasteiger partial charge is 0.338 e. The van der Waals surface area contributed by atoms with Crippen LogP contribution in [0, 0.1) is 0 Å². The highest BCUT2D eigenvalue weighted by Crippen LogP contribution is 2.38. The van der Waals surface area contributed by atoms with Gasteiger partial charge in [0.25, 0.3) is 5.56 Å². The van der Waals surface area contributed by atoms with Crippen LogP contribution in [0.15, 0.2) is 74.0 Å². The number of ether oxygens (including phenoxy) is 3. The fourth-order valence-electron chi connectivity index (χ4n) is 4.53. The molecule has 40 heavy (non-hydrogen) atoms. The Kier molecular flexibility index (Phi) is 7.89. The van der Waals surface area contributed by atoms with Crippen molar-refractivity contribution in [1.82, 2.24) is 4.57 Å². The van der Waals surface area contributed by atoms with Gasteiger partial charge in [-0.15, -0.1) is 0 Å². The second-order valence-corrected chi connectivity index (χ2v) is 10.6. The Labute approximate surface area is 243 Å². The molecule has 5 rings (SSSR count). The first-order valence-electron chi connectivity index (χ1n) is 12.2. The quantitative estimate of drug-likeness (QED) is 0.265. The molecule has 1 aliphatic heterocycles. The number of nitrogens with zero attached hydrogens (tertiary/aromatic N) is 2. The molecule has 0 bridgehead atoms. The number of thiazole rings is 1. The van der Waals surface area contributed by atoms with Crippen molar-refractivity contribution in [3.8, 4) is 22.8 Å². The normalized spacial score (nSPS) is 15.1. The average molecular weight is 599 g/mol. The molecular weight excluding hydrogens is 575 g/mol. The van der Waals surface area contributed by atoms with Crippen LogP contribution in [-0.4, -0.2) is 31.4 Å². The molecule has 0 unspecified atom stereocenters. The summed E-state index contributed by atoms with van der Waals surface area (Å²) < 4.78 is 24.3. The molecule has 0 radical (unpaired) electrons. The highest BCUT2D eigenvalue weighted by molar-refractivity contribution is 7.07. The minimum absolute atomic E-state index is 0.167. The van der Waals surface area contributed by atoms with Crippen LogP contribution in [0.4, 0.5) is 0 Å². The van der Waals surface area contributed by atoms with Crippen LogP contribution in [0.3, 0.4) is 0 Å². The topological polar surface area (TPSA) is 92.3 Å². The van der Waals surface area contributed by atoms with Crippen molar-refractivity contribution in [2.75, 3.05) is 20.8 Å². The molecule has 3 heterocycles. The summed E-state index contributed by atoms with van der Waals surface area (Å²) in [6.07, 6.45) is 1.64. The number of esters is 1. The standard InChI is InChI=1S/C29H24Cl2N2O6S/c1-5-38-28(35)25-15(2)32-29-33(26(25)20-13-17(36-3)7-10-22(20)37-4)27(34)24(40-29)14-18-8-11-23(39-18)19-9-6-16(30)12-21(19)31/h6-14,26H,5H2,1-4H3/b24-14-/t26-/m1/s1. The predicted molar refractivity (Wildman–Crippen MR) is 154 cm³/mol. The lowest BCUT2D eigenvalue weighted by Crippen LogP contribution is -2.40. The average Bonchev–Trinajstić information content (AvgIpc) is 3.51. The molecule has 4 aromatic rings. The molecule has 0 saturated heterocycles. The van der Waals surface area contributed by atoms with Gasteiger partial charge in [-0.25, -0.2) is 9.79 Å². The lowest BCUT2D eigenvalue weighted by molar-refractivity contribution is -0.139. The fraction of sp³-hybridized carbons (Fsp3) is 0.207. The molecule has 206 valence electrons. The van der Waals surface area contributed by atoms with Gasteiger partial charge in [-0.3, -0.25) is 9.36 Å². The van der Waals surface area contributed by atoms with E-state index in [9.17, 15) is 9.59 Å². The van der Waals surface area contributed by atoms with Crippen LogP contribution in [0.25, 0.3) is 17.4 Å². The maximum atomic E-state index is 13.9. The summed E-state index contributed by atoms with van der Waals surface area (Å²) in [6, 6.07) is 13.0. The van der Waals surface area contributed by atoms with Gasteiger partial charge in [0, 0.05) is 22.2 Å². The molecule has 8 nitrogen and oxygen atoms in total. The number of carbonyl (C=O) groups excluding carboxylic acids is 1. The van der Waals surface area contributed by atoms with Crippen molar-refractivity contribution >= 4 is 46.6 Å². The number of rotatable bonds is 7. The van der Waals surface area contributed by atoms with Crippen molar-refractivity contribution < 1.29 is 23.4 Å². The summed E-state index contributed by atoms with van der Waals surface area (Å²) in [4.78, 5) is 32.1. The molecule has 2 aromatic heterocycles. The summed E-state index contributed by atoms with van der Waals surface area (Å²) in [6.45, 7) is 3.61. The van der Waals surface area contributed by atoms with E-state index in [-0.39, 0.29) is 17.7 Å². The second kappa shape index (κ2) is 11.4. The van der Waals surface area contributed by atoms with Crippen LogP contribution in [0.1, 0.15) is 31.2 Å². The largest absolute Gasteiger partial charge is 0.497 e. The number of aromatic nitrogens is 1. The van der Waals surface area contributed by atoms with Crippen LogP contribution >= 0.6 is 34.5 Å². The lowest BCUT2D eigenvalue weighted by atomic mass is 9.95. The summed E-state index contributed by atoms with van der Waals surface area (Å²) >= 11 is 13.5. The molecule has 1 atom stereocenters. The Hall–Kier alpha value is -3.79. The Morgan fingerprint density at radius 2 is 1.93 bits per heavy atom.